The summed E-state index contributed by atoms with van der Waals surface area (Å²) in [5, 5.41) is 2.81. The molecule has 0 saturated carbocycles. The minimum Gasteiger partial charge on any atom is -0.250 e. The van der Waals surface area contributed by atoms with Crippen LogP contribution in [0.25, 0.3) is 21.5 Å². The van der Waals surface area contributed by atoms with Crippen molar-refractivity contribution in [1.82, 2.24) is 0 Å². The lowest BCUT2D eigenvalue weighted by atomic mass is 9.92. The number of fused-ring (bicyclic) bond motifs is 3. The number of benzene rings is 3. The Balaban J connectivity index is 1.96. The molecule has 0 saturated heterocycles. The van der Waals surface area contributed by atoms with Gasteiger partial charge in [0, 0.05) is 16.7 Å². The van der Waals surface area contributed by atoms with Gasteiger partial charge < -0.3 is 0 Å². The normalized spacial score (nSPS) is 13.3. The molecule has 3 heteroatoms. The van der Waals surface area contributed by atoms with Gasteiger partial charge in [0.15, 0.2) is 5.58 Å². The zero-order chi connectivity index (χ0) is 15.8. The summed E-state index contributed by atoms with van der Waals surface area (Å²) in [4.78, 5) is 0. The number of rotatable bonds is 2. The van der Waals surface area contributed by atoms with E-state index in [0.29, 0.717) is 11.5 Å². The van der Waals surface area contributed by atoms with Gasteiger partial charge in [0.05, 0.1) is 0 Å². The standard InChI is InChI=1S/C20H16O2P/c1-14(15-7-3-2-4-8-15)16-11-12-19-18(13-16)17-9-5-6-10-20(17)23(21)22-19/h2-14H,1H3/q+1. The van der Waals surface area contributed by atoms with Gasteiger partial charge in [0.1, 0.15) is 0 Å². The third kappa shape index (κ3) is 2.46. The van der Waals surface area contributed by atoms with Crippen LogP contribution in [-0.2, 0) is 4.57 Å². The Hall–Kier alpha value is -2.44. The van der Waals surface area contributed by atoms with Gasteiger partial charge in [-0.25, -0.2) is 4.20 Å². The Bertz CT molecular complexity index is 1050. The Labute approximate surface area is 135 Å². The van der Waals surface area contributed by atoms with Gasteiger partial charge in [0.25, 0.3) is 0 Å². The SMILES string of the molecule is CC(c1ccccc1)c1ccc2o[p+](=O)c3ccccc3c2c1. The molecule has 4 aromatic rings. The van der Waals surface area contributed by atoms with Crippen LogP contribution < -0.4 is 0 Å². The Morgan fingerprint density at radius 3 is 2.39 bits per heavy atom. The first kappa shape index (κ1) is 14.2. The average Bonchev–Trinajstić information content (AvgIpc) is 2.62. The van der Waals surface area contributed by atoms with Gasteiger partial charge >= 0.3 is 7.65 Å². The Morgan fingerprint density at radius 1 is 0.826 bits per heavy atom. The fraction of sp³-hybridized carbons (Fsp3) is 0.100. The van der Waals surface area contributed by atoms with Crippen molar-refractivity contribution >= 4 is 29.1 Å². The Kier molecular flexibility index (Phi) is 3.48. The zero-order valence-corrected chi connectivity index (χ0v) is 13.7. The Morgan fingerprint density at radius 2 is 1.57 bits per heavy atom. The molecule has 0 amide bonds. The van der Waals surface area contributed by atoms with Crippen LogP contribution in [0.2, 0.25) is 0 Å². The fourth-order valence-electron chi connectivity index (χ4n) is 3.04. The molecule has 0 aliphatic carbocycles. The second-order valence-corrected chi connectivity index (χ2v) is 6.93. The highest BCUT2D eigenvalue weighted by Crippen LogP contribution is 2.37. The van der Waals surface area contributed by atoms with Crippen molar-refractivity contribution in [1.29, 1.82) is 0 Å². The first-order valence-corrected chi connectivity index (χ1v) is 8.85. The van der Waals surface area contributed by atoms with E-state index in [-0.39, 0.29) is 0 Å². The molecule has 1 heterocycles. The first-order valence-electron chi connectivity index (χ1n) is 7.67. The summed E-state index contributed by atoms with van der Waals surface area (Å²) in [5.74, 6) is 0.296. The molecule has 0 aliphatic heterocycles. The van der Waals surface area contributed by atoms with Gasteiger partial charge in [-0.2, -0.15) is 0 Å². The van der Waals surface area contributed by atoms with E-state index in [4.69, 9.17) is 4.20 Å². The fourth-order valence-corrected chi connectivity index (χ4v) is 4.08. The number of hydrogen-bond donors (Lipinski definition) is 0. The third-order valence-corrected chi connectivity index (χ3v) is 5.52. The van der Waals surface area contributed by atoms with E-state index in [0.717, 1.165) is 15.9 Å². The highest BCUT2D eigenvalue weighted by Gasteiger charge is 2.17. The van der Waals surface area contributed by atoms with Crippen molar-refractivity contribution in [3.63, 3.8) is 0 Å². The van der Waals surface area contributed by atoms with E-state index in [1.54, 1.807) is 0 Å². The second kappa shape index (κ2) is 5.64. The molecule has 3 aromatic carbocycles. The van der Waals surface area contributed by atoms with Crippen LogP contribution >= 0.6 is 7.65 Å². The lowest BCUT2D eigenvalue weighted by molar-refractivity contribution is 0.563. The lowest BCUT2D eigenvalue weighted by Crippen LogP contribution is -1.95. The van der Waals surface area contributed by atoms with Crippen LogP contribution in [0, 0.1) is 0 Å². The highest BCUT2D eigenvalue weighted by molar-refractivity contribution is 7.37. The van der Waals surface area contributed by atoms with Crippen molar-refractivity contribution in [2.75, 3.05) is 0 Å². The van der Waals surface area contributed by atoms with Crippen molar-refractivity contribution in [3.05, 3.63) is 83.9 Å². The van der Waals surface area contributed by atoms with E-state index in [1.165, 1.54) is 11.1 Å². The molecular formula is C20H16O2P+. The van der Waals surface area contributed by atoms with Gasteiger partial charge in [-0.1, -0.05) is 55.5 Å². The summed E-state index contributed by atoms with van der Waals surface area (Å²) in [6, 6.07) is 24.4. The number of hydrogen-bond acceptors (Lipinski definition) is 2. The first-order chi connectivity index (χ1) is 11.2. The molecule has 112 valence electrons. The van der Waals surface area contributed by atoms with Crippen molar-refractivity contribution in [2.24, 2.45) is 0 Å². The molecule has 0 aliphatic rings. The monoisotopic (exact) mass is 319 g/mol. The van der Waals surface area contributed by atoms with Crippen LogP contribution in [0.5, 0.6) is 0 Å². The average molecular weight is 319 g/mol. The summed E-state index contributed by atoms with van der Waals surface area (Å²) in [5.41, 5.74) is 3.21. The summed E-state index contributed by atoms with van der Waals surface area (Å²) < 4.78 is 17.8. The van der Waals surface area contributed by atoms with Crippen LogP contribution in [0.4, 0.5) is 0 Å². The van der Waals surface area contributed by atoms with Crippen molar-refractivity contribution in [3.8, 4) is 0 Å². The molecule has 2 atom stereocenters. The predicted octanol–water partition coefficient (Wildman–Crippen LogP) is 6.48. The smallest absolute Gasteiger partial charge is 0.250 e. The minimum atomic E-state index is -1.81. The molecule has 4 rings (SSSR count). The molecule has 2 unspecified atom stereocenters. The van der Waals surface area contributed by atoms with E-state index in [9.17, 15) is 4.57 Å². The van der Waals surface area contributed by atoms with E-state index in [1.807, 2.05) is 36.4 Å². The maximum atomic E-state index is 12.2. The maximum absolute atomic E-state index is 12.2. The van der Waals surface area contributed by atoms with Crippen LogP contribution in [0.3, 0.4) is 0 Å². The summed E-state index contributed by atoms with van der Waals surface area (Å²) >= 11 is 0. The van der Waals surface area contributed by atoms with Gasteiger partial charge in [-0.15, -0.1) is 0 Å². The summed E-state index contributed by atoms with van der Waals surface area (Å²) in [6.07, 6.45) is 0. The largest absolute Gasteiger partial charge is 0.597 e. The molecule has 2 nitrogen and oxygen atoms in total. The van der Waals surface area contributed by atoms with Gasteiger partial charge in [-0.05, 0) is 40.0 Å². The predicted molar refractivity (Wildman–Crippen MR) is 95.3 cm³/mol. The minimum absolute atomic E-state index is 0.296. The molecule has 23 heavy (non-hydrogen) atoms. The van der Waals surface area contributed by atoms with Crippen LogP contribution in [0.15, 0.2) is 77.0 Å². The third-order valence-electron chi connectivity index (χ3n) is 4.38. The van der Waals surface area contributed by atoms with Gasteiger partial charge in [-0.3, -0.25) is 0 Å². The quantitative estimate of drug-likeness (QED) is 0.396. The van der Waals surface area contributed by atoms with E-state index < -0.39 is 7.65 Å². The summed E-state index contributed by atoms with van der Waals surface area (Å²) in [6.45, 7) is 2.20. The van der Waals surface area contributed by atoms with E-state index in [2.05, 4.69) is 43.3 Å². The second-order valence-electron chi connectivity index (χ2n) is 5.75. The molecule has 0 bridgehead atoms. The molecule has 1 aromatic heterocycles. The van der Waals surface area contributed by atoms with Gasteiger partial charge in [0.2, 0.25) is 5.12 Å². The molecule has 0 radical (unpaired) electrons. The highest BCUT2D eigenvalue weighted by atomic mass is 31.1. The zero-order valence-electron chi connectivity index (χ0n) is 12.8. The molecule has 0 spiro atoms. The van der Waals surface area contributed by atoms with E-state index >= 15 is 0 Å². The molecular weight excluding hydrogens is 303 g/mol. The molecule has 0 fully saturated rings. The van der Waals surface area contributed by atoms with Crippen molar-refractivity contribution in [2.45, 2.75) is 12.8 Å². The summed E-state index contributed by atoms with van der Waals surface area (Å²) in [7, 11) is -1.81. The maximum Gasteiger partial charge on any atom is 0.597 e. The molecule has 0 N–H and O–H groups in total. The van der Waals surface area contributed by atoms with Crippen LogP contribution in [0.1, 0.15) is 24.0 Å². The topological polar surface area (TPSA) is 30.2 Å². The van der Waals surface area contributed by atoms with Crippen molar-refractivity contribution < 1.29 is 8.76 Å². The van der Waals surface area contributed by atoms with Crippen LogP contribution in [-0.4, -0.2) is 0 Å². The lowest BCUT2D eigenvalue weighted by Gasteiger charge is -2.12.